The number of para-hydroxylation sites is 2. The lowest BCUT2D eigenvalue weighted by atomic mass is 9.91. The summed E-state index contributed by atoms with van der Waals surface area (Å²) >= 11 is 0. The average Bonchev–Trinajstić information content (AvgIpc) is 3.47. The molecule has 0 saturated heterocycles. The Labute approximate surface area is 244 Å². The van der Waals surface area contributed by atoms with Gasteiger partial charge in [0.1, 0.15) is 11.2 Å². The van der Waals surface area contributed by atoms with Gasteiger partial charge in [0.15, 0.2) is 0 Å². The van der Waals surface area contributed by atoms with Gasteiger partial charge in [0, 0.05) is 22.3 Å². The highest BCUT2D eigenvalue weighted by atomic mass is 16.3. The molecule has 0 aliphatic rings. The zero-order valence-electron chi connectivity index (χ0n) is 22.9. The summed E-state index contributed by atoms with van der Waals surface area (Å²) in [7, 11) is 0. The molecule has 1 heterocycles. The monoisotopic (exact) mass is 537 g/mol. The van der Waals surface area contributed by atoms with Gasteiger partial charge in [0.25, 0.3) is 0 Å². The van der Waals surface area contributed by atoms with E-state index in [2.05, 4.69) is 169 Å². The summed E-state index contributed by atoms with van der Waals surface area (Å²) in [5, 5.41) is 4.61. The van der Waals surface area contributed by atoms with Crippen molar-refractivity contribution < 1.29 is 4.42 Å². The summed E-state index contributed by atoms with van der Waals surface area (Å²) in [4.78, 5) is 2.33. The van der Waals surface area contributed by atoms with Crippen LogP contribution in [0, 0.1) is 0 Å². The van der Waals surface area contributed by atoms with Gasteiger partial charge in [-0.15, -0.1) is 0 Å². The van der Waals surface area contributed by atoms with Crippen molar-refractivity contribution in [2.45, 2.75) is 0 Å². The molecule has 42 heavy (non-hydrogen) atoms. The lowest BCUT2D eigenvalue weighted by molar-refractivity contribution is 0.670. The van der Waals surface area contributed by atoms with E-state index in [0.717, 1.165) is 50.1 Å². The van der Waals surface area contributed by atoms with Gasteiger partial charge in [-0.25, -0.2) is 0 Å². The van der Waals surface area contributed by atoms with Gasteiger partial charge in [0.05, 0.1) is 11.1 Å². The van der Waals surface area contributed by atoms with E-state index >= 15 is 0 Å². The summed E-state index contributed by atoms with van der Waals surface area (Å²) in [6.45, 7) is 0. The molecule has 0 unspecified atom stereocenters. The highest BCUT2D eigenvalue weighted by Gasteiger charge is 2.23. The van der Waals surface area contributed by atoms with Crippen molar-refractivity contribution >= 4 is 49.8 Å². The first kappa shape index (κ1) is 24.2. The minimum absolute atomic E-state index is 0.870. The molecule has 0 bridgehead atoms. The van der Waals surface area contributed by atoms with Crippen LogP contribution in [0.1, 0.15) is 0 Å². The number of anilines is 3. The quantitative estimate of drug-likeness (QED) is 0.217. The Hall–Kier alpha value is -5.60. The average molecular weight is 538 g/mol. The van der Waals surface area contributed by atoms with Crippen LogP contribution in [-0.4, -0.2) is 0 Å². The maximum Gasteiger partial charge on any atom is 0.143 e. The molecular formula is C40H27NO. The van der Waals surface area contributed by atoms with E-state index in [0.29, 0.717) is 0 Å². The number of benzene rings is 7. The Kier molecular flexibility index (Phi) is 5.82. The maximum atomic E-state index is 6.87. The van der Waals surface area contributed by atoms with Gasteiger partial charge in [-0.1, -0.05) is 121 Å². The van der Waals surface area contributed by atoms with Crippen LogP contribution in [0.25, 0.3) is 55.0 Å². The normalized spacial score (nSPS) is 11.3. The van der Waals surface area contributed by atoms with E-state index in [9.17, 15) is 0 Å². The number of fused-ring (bicyclic) bond motifs is 5. The Morgan fingerprint density at radius 2 is 1.02 bits per heavy atom. The molecule has 0 amide bonds. The molecule has 8 rings (SSSR count). The van der Waals surface area contributed by atoms with Crippen LogP contribution in [0.4, 0.5) is 17.1 Å². The maximum absolute atomic E-state index is 6.87. The Balaban J connectivity index is 1.49. The fourth-order valence-electron chi connectivity index (χ4n) is 6.20. The van der Waals surface area contributed by atoms with Crippen LogP contribution in [0.15, 0.2) is 168 Å². The standard InChI is InChI=1S/C40H27NO/c1-4-15-28(16-5-1)32-22-12-13-24-34(32)35-27-29-17-10-11-23-33(29)38-39-36(25-14-26-37(39)42-40(35)38)41(30-18-6-2-7-19-30)31-20-8-3-9-21-31/h1-27H. The molecule has 0 saturated carbocycles. The first-order chi connectivity index (χ1) is 20.9. The van der Waals surface area contributed by atoms with Crippen molar-refractivity contribution in [3.05, 3.63) is 164 Å². The van der Waals surface area contributed by atoms with Crippen molar-refractivity contribution in [3.8, 4) is 22.3 Å². The van der Waals surface area contributed by atoms with Gasteiger partial charge in [-0.05, 0) is 69.9 Å². The molecular weight excluding hydrogens is 510 g/mol. The van der Waals surface area contributed by atoms with Crippen LogP contribution in [0.3, 0.4) is 0 Å². The van der Waals surface area contributed by atoms with Crippen LogP contribution < -0.4 is 4.90 Å². The first-order valence-electron chi connectivity index (χ1n) is 14.3. The van der Waals surface area contributed by atoms with Crippen molar-refractivity contribution in [2.75, 3.05) is 4.90 Å². The second kappa shape index (κ2) is 10.1. The van der Waals surface area contributed by atoms with E-state index in [-0.39, 0.29) is 0 Å². The van der Waals surface area contributed by atoms with Crippen molar-refractivity contribution in [1.29, 1.82) is 0 Å². The summed E-state index contributed by atoms with van der Waals surface area (Å²) in [6, 6.07) is 57.7. The zero-order chi connectivity index (χ0) is 27.9. The Bertz CT molecular complexity index is 2140. The van der Waals surface area contributed by atoms with Crippen LogP contribution in [0.2, 0.25) is 0 Å². The number of hydrogen-bond donors (Lipinski definition) is 0. The fourth-order valence-corrected chi connectivity index (χ4v) is 6.20. The predicted molar refractivity (Wildman–Crippen MR) is 177 cm³/mol. The summed E-state index contributed by atoms with van der Waals surface area (Å²) in [5.74, 6) is 0. The molecule has 8 aromatic rings. The van der Waals surface area contributed by atoms with Gasteiger partial charge in [-0.2, -0.15) is 0 Å². The highest BCUT2D eigenvalue weighted by Crippen LogP contribution is 2.48. The van der Waals surface area contributed by atoms with Gasteiger partial charge in [0.2, 0.25) is 0 Å². The Morgan fingerprint density at radius 1 is 0.429 bits per heavy atom. The third kappa shape index (κ3) is 3.96. The molecule has 0 aliphatic heterocycles. The molecule has 0 atom stereocenters. The molecule has 0 fully saturated rings. The first-order valence-corrected chi connectivity index (χ1v) is 14.3. The van der Waals surface area contributed by atoms with E-state index in [1.807, 2.05) is 0 Å². The molecule has 0 spiro atoms. The van der Waals surface area contributed by atoms with E-state index < -0.39 is 0 Å². The van der Waals surface area contributed by atoms with E-state index in [1.165, 1.54) is 21.9 Å². The molecule has 7 aromatic carbocycles. The molecule has 1 aromatic heterocycles. The van der Waals surface area contributed by atoms with Crippen molar-refractivity contribution in [2.24, 2.45) is 0 Å². The summed E-state index contributed by atoms with van der Waals surface area (Å²) in [5.41, 5.74) is 9.67. The van der Waals surface area contributed by atoms with E-state index in [1.54, 1.807) is 0 Å². The molecule has 198 valence electrons. The highest BCUT2D eigenvalue weighted by molar-refractivity contribution is 6.26. The third-order valence-corrected chi connectivity index (χ3v) is 8.04. The van der Waals surface area contributed by atoms with Crippen molar-refractivity contribution in [1.82, 2.24) is 0 Å². The SMILES string of the molecule is c1ccc(-c2ccccc2-c2cc3ccccc3c3c2oc2cccc(N(c4ccccc4)c4ccccc4)c23)cc1. The summed E-state index contributed by atoms with van der Waals surface area (Å²) in [6.07, 6.45) is 0. The molecule has 2 nitrogen and oxygen atoms in total. The molecule has 0 N–H and O–H groups in total. The van der Waals surface area contributed by atoms with Crippen LogP contribution in [-0.2, 0) is 0 Å². The lowest BCUT2D eigenvalue weighted by Gasteiger charge is -2.26. The minimum atomic E-state index is 0.870. The van der Waals surface area contributed by atoms with Gasteiger partial charge >= 0.3 is 0 Å². The van der Waals surface area contributed by atoms with Crippen molar-refractivity contribution in [3.63, 3.8) is 0 Å². The topological polar surface area (TPSA) is 16.4 Å². The van der Waals surface area contributed by atoms with E-state index in [4.69, 9.17) is 4.42 Å². The zero-order valence-corrected chi connectivity index (χ0v) is 22.9. The predicted octanol–water partition coefficient (Wildman–Crippen LogP) is 11.5. The van der Waals surface area contributed by atoms with Gasteiger partial charge < -0.3 is 9.32 Å². The number of nitrogens with zero attached hydrogens (tertiary/aromatic N) is 1. The third-order valence-electron chi connectivity index (χ3n) is 8.04. The molecule has 0 aliphatic carbocycles. The fraction of sp³-hybridized carbons (Fsp3) is 0. The summed E-state index contributed by atoms with van der Waals surface area (Å²) < 4.78 is 6.87. The van der Waals surface area contributed by atoms with Crippen LogP contribution in [0.5, 0.6) is 0 Å². The number of rotatable bonds is 5. The Morgan fingerprint density at radius 3 is 1.74 bits per heavy atom. The van der Waals surface area contributed by atoms with Gasteiger partial charge in [-0.3, -0.25) is 0 Å². The largest absolute Gasteiger partial charge is 0.455 e. The smallest absolute Gasteiger partial charge is 0.143 e. The molecule has 0 radical (unpaired) electrons. The second-order valence-corrected chi connectivity index (χ2v) is 10.5. The van der Waals surface area contributed by atoms with Crippen LogP contribution >= 0.6 is 0 Å². The number of hydrogen-bond acceptors (Lipinski definition) is 2. The lowest BCUT2D eigenvalue weighted by Crippen LogP contribution is -2.09. The number of furan rings is 1. The second-order valence-electron chi connectivity index (χ2n) is 10.5. The minimum Gasteiger partial charge on any atom is -0.455 e. The molecule has 2 heteroatoms.